The monoisotopic (exact) mass is 304 g/mol. The van der Waals surface area contributed by atoms with Crippen LogP contribution in [0.15, 0.2) is 27.3 Å². The lowest BCUT2D eigenvalue weighted by atomic mass is 9.97. The van der Waals surface area contributed by atoms with Gasteiger partial charge in [-0.25, -0.2) is 0 Å². The highest BCUT2D eigenvalue weighted by Crippen LogP contribution is 2.26. The summed E-state index contributed by atoms with van der Waals surface area (Å²) in [6.45, 7) is 4.39. The quantitative estimate of drug-likeness (QED) is 0.900. The largest absolute Gasteiger partial charge is 0.467 e. The van der Waals surface area contributed by atoms with Gasteiger partial charge in [-0.05, 0) is 45.0 Å². The number of aromatic nitrogens is 2. The number of carbonyl (C=O) groups excluding carboxylic acids is 1. The van der Waals surface area contributed by atoms with E-state index in [0.29, 0.717) is 24.8 Å². The molecule has 7 nitrogen and oxygen atoms in total. The maximum atomic E-state index is 11.9. The van der Waals surface area contributed by atoms with Crippen molar-refractivity contribution in [2.24, 2.45) is 0 Å². The summed E-state index contributed by atoms with van der Waals surface area (Å²) in [5.41, 5.74) is 0. The fourth-order valence-electron chi connectivity index (χ4n) is 2.67. The van der Waals surface area contributed by atoms with E-state index in [-0.39, 0.29) is 5.91 Å². The van der Waals surface area contributed by atoms with Gasteiger partial charge in [0, 0.05) is 5.92 Å². The van der Waals surface area contributed by atoms with Crippen molar-refractivity contribution in [3.8, 4) is 0 Å². The van der Waals surface area contributed by atoms with Crippen molar-refractivity contribution in [3.63, 3.8) is 0 Å². The van der Waals surface area contributed by atoms with Crippen LogP contribution in [0.25, 0.3) is 0 Å². The maximum absolute atomic E-state index is 11.9. The number of nitrogens with zero attached hydrogens (tertiary/aromatic N) is 3. The lowest BCUT2D eigenvalue weighted by Gasteiger charge is -2.29. The van der Waals surface area contributed by atoms with E-state index in [9.17, 15) is 4.79 Å². The summed E-state index contributed by atoms with van der Waals surface area (Å²) in [5.74, 6) is 2.49. The molecule has 0 spiro atoms. The molecule has 7 heteroatoms. The molecule has 0 saturated carbocycles. The lowest BCUT2D eigenvalue weighted by molar-refractivity contribution is -0.122. The van der Waals surface area contributed by atoms with Gasteiger partial charge in [-0.2, -0.15) is 4.98 Å². The summed E-state index contributed by atoms with van der Waals surface area (Å²) in [6, 6.07) is 3.66. The van der Waals surface area contributed by atoms with Crippen molar-refractivity contribution in [2.45, 2.75) is 32.2 Å². The molecule has 0 atom stereocenters. The van der Waals surface area contributed by atoms with Crippen LogP contribution in [0.5, 0.6) is 0 Å². The Morgan fingerprint density at radius 1 is 1.45 bits per heavy atom. The van der Waals surface area contributed by atoms with Crippen molar-refractivity contribution in [3.05, 3.63) is 35.9 Å². The first-order valence-electron chi connectivity index (χ1n) is 7.52. The number of likely N-dealkylation sites (tertiary alicyclic amines) is 1. The molecule has 1 fully saturated rings. The van der Waals surface area contributed by atoms with Crippen LogP contribution in [0.3, 0.4) is 0 Å². The highest BCUT2D eigenvalue weighted by Gasteiger charge is 2.25. The maximum Gasteiger partial charge on any atom is 0.234 e. The fraction of sp³-hybridized carbons (Fsp3) is 0.533. The molecule has 0 unspecified atom stereocenters. The Morgan fingerprint density at radius 2 is 2.27 bits per heavy atom. The normalized spacial score (nSPS) is 16.8. The van der Waals surface area contributed by atoms with Crippen molar-refractivity contribution < 1.29 is 13.7 Å². The molecule has 0 bridgehead atoms. The molecule has 1 aliphatic heterocycles. The number of nitrogens with one attached hydrogen (secondary N) is 1. The lowest BCUT2D eigenvalue weighted by Crippen LogP contribution is -2.41. The van der Waals surface area contributed by atoms with Crippen LogP contribution in [-0.4, -0.2) is 40.6 Å². The number of hydrogen-bond donors (Lipinski definition) is 1. The summed E-state index contributed by atoms with van der Waals surface area (Å²) in [6.07, 6.45) is 3.48. The standard InChI is InChI=1S/C15H20N4O3/c1-11-17-15(22-18-11)12-4-6-19(7-5-12)10-14(20)16-9-13-3-2-8-21-13/h2-3,8,12H,4-7,9-10H2,1H3,(H,16,20). The van der Waals surface area contributed by atoms with E-state index in [2.05, 4.69) is 20.4 Å². The molecule has 1 N–H and O–H groups in total. The topological polar surface area (TPSA) is 84.4 Å². The molecule has 2 aromatic rings. The van der Waals surface area contributed by atoms with E-state index in [1.54, 1.807) is 6.26 Å². The number of aryl methyl sites for hydroxylation is 1. The first-order valence-corrected chi connectivity index (χ1v) is 7.52. The molecule has 22 heavy (non-hydrogen) atoms. The van der Waals surface area contributed by atoms with Crippen LogP contribution >= 0.6 is 0 Å². The Kier molecular flexibility index (Phi) is 4.53. The van der Waals surface area contributed by atoms with Gasteiger partial charge in [-0.1, -0.05) is 5.16 Å². The van der Waals surface area contributed by atoms with Crippen LogP contribution in [-0.2, 0) is 11.3 Å². The molecule has 118 valence electrons. The minimum Gasteiger partial charge on any atom is -0.467 e. The molecule has 1 saturated heterocycles. The van der Waals surface area contributed by atoms with Gasteiger partial charge in [-0.3, -0.25) is 9.69 Å². The van der Waals surface area contributed by atoms with Crippen LogP contribution in [0.4, 0.5) is 0 Å². The first-order chi connectivity index (χ1) is 10.7. The number of furan rings is 1. The van der Waals surface area contributed by atoms with E-state index in [4.69, 9.17) is 8.94 Å². The van der Waals surface area contributed by atoms with Gasteiger partial charge >= 0.3 is 0 Å². The number of carbonyl (C=O) groups is 1. The number of amides is 1. The van der Waals surface area contributed by atoms with Gasteiger partial charge in [0.2, 0.25) is 11.8 Å². The molecule has 3 heterocycles. The summed E-state index contributed by atoms with van der Waals surface area (Å²) in [5, 5.41) is 6.70. The SMILES string of the molecule is Cc1noc(C2CCN(CC(=O)NCc3ccco3)CC2)n1. The second-order valence-corrected chi connectivity index (χ2v) is 5.59. The Morgan fingerprint density at radius 3 is 2.91 bits per heavy atom. The third-order valence-electron chi connectivity index (χ3n) is 3.89. The van der Waals surface area contributed by atoms with Gasteiger partial charge in [0.25, 0.3) is 0 Å². The van der Waals surface area contributed by atoms with Gasteiger partial charge in [-0.15, -0.1) is 0 Å². The Labute approximate surface area is 128 Å². The number of hydrogen-bond acceptors (Lipinski definition) is 6. The minimum atomic E-state index is 0.0171. The highest BCUT2D eigenvalue weighted by molar-refractivity contribution is 5.77. The molecule has 1 amide bonds. The van der Waals surface area contributed by atoms with E-state index >= 15 is 0 Å². The molecule has 1 aliphatic rings. The average Bonchev–Trinajstić information content (AvgIpc) is 3.17. The zero-order valence-electron chi connectivity index (χ0n) is 12.6. The molecule has 2 aromatic heterocycles. The van der Waals surface area contributed by atoms with Gasteiger partial charge in [0.05, 0.1) is 19.4 Å². The second-order valence-electron chi connectivity index (χ2n) is 5.59. The third-order valence-corrected chi connectivity index (χ3v) is 3.89. The van der Waals surface area contributed by atoms with Crippen LogP contribution < -0.4 is 5.32 Å². The Hall–Kier alpha value is -2.15. The average molecular weight is 304 g/mol. The predicted octanol–water partition coefficient (Wildman–Crippen LogP) is 1.47. The van der Waals surface area contributed by atoms with E-state index in [0.717, 1.165) is 37.6 Å². The van der Waals surface area contributed by atoms with Crippen LogP contribution in [0.2, 0.25) is 0 Å². The second kappa shape index (κ2) is 6.74. The Bertz CT molecular complexity index is 600. The van der Waals surface area contributed by atoms with Crippen LogP contribution in [0.1, 0.15) is 36.2 Å². The smallest absolute Gasteiger partial charge is 0.234 e. The highest BCUT2D eigenvalue weighted by atomic mass is 16.5. The summed E-state index contributed by atoms with van der Waals surface area (Å²) in [7, 11) is 0. The van der Waals surface area contributed by atoms with Crippen molar-refractivity contribution >= 4 is 5.91 Å². The zero-order chi connectivity index (χ0) is 15.4. The minimum absolute atomic E-state index is 0.0171. The zero-order valence-corrected chi connectivity index (χ0v) is 12.6. The number of piperidine rings is 1. The van der Waals surface area contributed by atoms with Crippen molar-refractivity contribution in [2.75, 3.05) is 19.6 Å². The summed E-state index contributed by atoms with van der Waals surface area (Å²) in [4.78, 5) is 18.4. The van der Waals surface area contributed by atoms with Crippen molar-refractivity contribution in [1.82, 2.24) is 20.4 Å². The molecular formula is C15H20N4O3. The van der Waals surface area contributed by atoms with Gasteiger partial charge in [0.15, 0.2) is 5.82 Å². The van der Waals surface area contributed by atoms with Crippen molar-refractivity contribution in [1.29, 1.82) is 0 Å². The van der Waals surface area contributed by atoms with Crippen LogP contribution in [0, 0.1) is 6.92 Å². The molecule has 0 aromatic carbocycles. The molecule has 0 aliphatic carbocycles. The van der Waals surface area contributed by atoms with E-state index in [1.165, 1.54) is 0 Å². The van der Waals surface area contributed by atoms with Gasteiger partial charge in [0.1, 0.15) is 5.76 Å². The third kappa shape index (κ3) is 3.73. The first kappa shape index (κ1) is 14.8. The van der Waals surface area contributed by atoms with Gasteiger partial charge < -0.3 is 14.3 Å². The summed E-state index contributed by atoms with van der Waals surface area (Å²) >= 11 is 0. The number of rotatable bonds is 5. The molecule has 0 radical (unpaired) electrons. The van der Waals surface area contributed by atoms with E-state index in [1.807, 2.05) is 19.1 Å². The van der Waals surface area contributed by atoms with E-state index < -0.39 is 0 Å². The molecule has 3 rings (SSSR count). The Balaban J connectivity index is 1.40. The summed E-state index contributed by atoms with van der Waals surface area (Å²) < 4.78 is 10.4. The molecular weight excluding hydrogens is 284 g/mol. The predicted molar refractivity (Wildman–Crippen MR) is 78.0 cm³/mol. The fourth-order valence-corrected chi connectivity index (χ4v) is 2.67.